The van der Waals surface area contributed by atoms with E-state index in [2.05, 4.69) is 46.0 Å². The van der Waals surface area contributed by atoms with Crippen molar-refractivity contribution < 1.29 is 19.1 Å². The lowest BCUT2D eigenvalue weighted by Crippen LogP contribution is -2.45. The van der Waals surface area contributed by atoms with E-state index in [-0.39, 0.29) is 35.2 Å². The molecule has 3 rings (SSSR count). The number of aliphatic hydroxyl groups is 1. The van der Waals surface area contributed by atoms with E-state index in [0.717, 1.165) is 32.1 Å². The Hall–Kier alpha value is -1.17. The number of hydrogen-bond donors (Lipinski definition) is 1. The van der Waals surface area contributed by atoms with Crippen molar-refractivity contribution >= 4 is 14.3 Å². The Morgan fingerprint density at radius 2 is 1.90 bits per heavy atom. The van der Waals surface area contributed by atoms with Gasteiger partial charge in [0.05, 0.1) is 18.6 Å². The van der Waals surface area contributed by atoms with Gasteiger partial charge in [-0.15, -0.1) is 0 Å². The first kappa shape index (κ1) is 22.5. The Kier molecular flexibility index (Phi) is 6.91. The Balaban J connectivity index is 1.59. The van der Waals surface area contributed by atoms with Crippen LogP contribution in [0.15, 0.2) is 30.3 Å². The molecule has 1 aliphatic heterocycles. The van der Waals surface area contributed by atoms with Crippen LogP contribution in [-0.4, -0.2) is 37.7 Å². The molecule has 1 aromatic rings. The van der Waals surface area contributed by atoms with Gasteiger partial charge >= 0.3 is 5.97 Å². The number of benzene rings is 1. The third kappa shape index (κ3) is 5.50. The normalized spacial score (nSPS) is 28.3. The van der Waals surface area contributed by atoms with Crippen LogP contribution >= 0.6 is 0 Å². The summed E-state index contributed by atoms with van der Waals surface area (Å²) in [7, 11) is -1.90. The standard InChI is InChI=1S/C24H38O4Si/c1-24(2,3)29(4,5)28-22-16-21-20(15-23(26)27-21)19(22)14-13-18(25)12-11-17-9-7-6-8-10-17/h6-10,18-22,25H,11-16H2,1-5H3/t18?,19-,20?,21?,22?/m1/s1. The quantitative estimate of drug-likeness (QED) is 0.471. The lowest BCUT2D eigenvalue weighted by molar-refractivity contribution is -0.141. The summed E-state index contributed by atoms with van der Waals surface area (Å²) in [6.45, 7) is 11.4. The summed E-state index contributed by atoms with van der Waals surface area (Å²) in [5, 5.41) is 10.7. The zero-order valence-corrected chi connectivity index (χ0v) is 19.7. The van der Waals surface area contributed by atoms with E-state index in [1.807, 2.05) is 18.2 Å². The lowest BCUT2D eigenvalue weighted by Gasteiger charge is -2.40. The Bertz CT molecular complexity index is 682. The average molecular weight is 419 g/mol. The third-order valence-electron chi connectivity index (χ3n) is 7.35. The van der Waals surface area contributed by atoms with Crippen molar-refractivity contribution in [3.05, 3.63) is 35.9 Å². The highest BCUT2D eigenvalue weighted by Crippen LogP contribution is 2.48. The molecule has 2 aliphatic rings. The van der Waals surface area contributed by atoms with E-state index >= 15 is 0 Å². The van der Waals surface area contributed by atoms with Gasteiger partial charge in [0.25, 0.3) is 0 Å². The van der Waals surface area contributed by atoms with Gasteiger partial charge in [-0.3, -0.25) is 4.79 Å². The number of aliphatic hydroxyl groups excluding tert-OH is 1. The largest absolute Gasteiger partial charge is 0.462 e. The van der Waals surface area contributed by atoms with Crippen LogP contribution in [0.2, 0.25) is 18.1 Å². The van der Waals surface area contributed by atoms with Crippen molar-refractivity contribution in [2.24, 2.45) is 11.8 Å². The monoisotopic (exact) mass is 418 g/mol. The summed E-state index contributed by atoms with van der Waals surface area (Å²) in [5.74, 6) is 0.478. The molecule has 4 nitrogen and oxygen atoms in total. The lowest BCUT2D eigenvalue weighted by atomic mass is 9.87. The van der Waals surface area contributed by atoms with Crippen LogP contribution in [0.1, 0.15) is 58.4 Å². The molecule has 0 bridgehead atoms. The van der Waals surface area contributed by atoms with Gasteiger partial charge in [-0.2, -0.15) is 0 Å². The van der Waals surface area contributed by atoms with E-state index in [0.29, 0.717) is 12.3 Å². The van der Waals surface area contributed by atoms with Crippen molar-refractivity contribution in [1.29, 1.82) is 0 Å². The Labute approximate surface area is 177 Å². The third-order valence-corrected chi connectivity index (χ3v) is 11.9. The van der Waals surface area contributed by atoms with E-state index in [4.69, 9.17) is 9.16 Å². The van der Waals surface area contributed by atoms with Gasteiger partial charge in [0.2, 0.25) is 0 Å². The zero-order chi connectivity index (χ0) is 21.2. The summed E-state index contributed by atoms with van der Waals surface area (Å²) in [6.07, 6.45) is 4.46. The maximum atomic E-state index is 11.8. The summed E-state index contributed by atoms with van der Waals surface area (Å²) in [4.78, 5) is 11.8. The van der Waals surface area contributed by atoms with Gasteiger partial charge in [0, 0.05) is 12.3 Å². The fraction of sp³-hybridized carbons (Fsp3) is 0.708. The predicted octanol–water partition coefficient (Wildman–Crippen LogP) is 5.10. The minimum Gasteiger partial charge on any atom is -0.462 e. The van der Waals surface area contributed by atoms with Crippen molar-refractivity contribution in [2.45, 2.75) is 95.7 Å². The molecule has 5 atom stereocenters. The van der Waals surface area contributed by atoms with E-state index in [1.165, 1.54) is 5.56 Å². The number of carbonyl (C=O) groups is 1. The molecular formula is C24H38O4Si. The fourth-order valence-corrected chi connectivity index (χ4v) is 5.94. The van der Waals surface area contributed by atoms with E-state index < -0.39 is 8.32 Å². The molecule has 1 saturated carbocycles. The van der Waals surface area contributed by atoms with Gasteiger partial charge in [0.15, 0.2) is 8.32 Å². The molecule has 0 amide bonds. The first-order valence-electron chi connectivity index (χ1n) is 11.2. The molecule has 1 saturated heterocycles. The molecule has 162 valence electrons. The fourth-order valence-electron chi connectivity index (χ4n) is 4.56. The molecular weight excluding hydrogens is 380 g/mol. The second-order valence-corrected chi connectivity index (χ2v) is 15.2. The maximum absolute atomic E-state index is 11.8. The highest BCUT2D eigenvalue weighted by molar-refractivity contribution is 6.74. The summed E-state index contributed by atoms with van der Waals surface area (Å²) in [6, 6.07) is 10.3. The summed E-state index contributed by atoms with van der Waals surface area (Å²) >= 11 is 0. The Morgan fingerprint density at radius 1 is 1.21 bits per heavy atom. The minimum absolute atomic E-state index is 0.00345. The highest BCUT2D eigenvalue weighted by Gasteiger charge is 2.52. The Morgan fingerprint density at radius 3 is 2.55 bits per heavy atom. The number of ether oxygens (including phenoxy) is 1. The van der Waals surface area contributed by atoms with Crippen molar-refractivity contribution in [3.63, 3.8) is 0 Å². The molecule has 0 aromatic heterocycles. The van der Waals surface area contributed by atoms with Gasteiger partial charge in [-0.1, -0.05) is 51.1 Å². The number of aryl methyl sites for hydroxylation is 1. The van der Waals surface area contributed by atoms with Crippen LogP contribution in [-0.2, 0) is 20.4 Å². The van der Waals surface area contributed by atoms with Crippen LogP contribution in [0.5, 0.6) is 0 Å². The number of fused-ring (bicyclic) bond motifs is 1. The molecule has 0 radical (unpaired) electrons. The second-order valence-electron chi connectivity index (χ2n) is 10.5. The van der Waals surface area contributed by atoms with E-state index in [9.17, 15) is 9.90 Å². The van der Waals surface area contributed by atoms with Crippen molar-refractivity contribution in [1.82, 2.24) is 0 Å². The van der Waals surface area contributed by atoms with Gasteiger partial charge in [0.1, 0.15) is 6.10 Å². The van der Waals surface area contributed by atoms with Crippen LogP contribution in [0, 0.1) is 11.8 Å². The molecule has 2 fully saturated rings. The average Bonchev–Trinajstić information content (AvgIpc) is 3.13. The molecule has 29 heavy (non-hydrogen) atoms. The molecule has 1 N–H and O–H groups in total. The van der Waals surface area contributed by atoms with Crippen molar-refractivity contribution in [2.75, 3.05) is 0 Å². The molecule has 5 heteroatoms. The van der Waals surface area contributed by atoms with Crippen molar-refractivity contribution in [3.8, 4) is 0 Å². The van der Waals surface area contributed by atoms with Gasteiger partial charge in [-0.25, -0.2) is 0 Å². The number of carbonyl (C=O) groups excluding carboxylic acids is 1. The topological polar surface area (TPSA) is 55.8 Å². The molecule has 1 heterocycles. The molecule has 0 spiro atoms. The number of hydrogen-bond acceptors (Lipinski definition) is 4. The SMILES string of the molecule is CC(C)(C)[Si](C)(C)OC1CC2OC(=O)CC2[C@H]1CCC(O)CCc1ccccc1. The first-order chi connectivity index (χ1) is 13.6. The number of rotatable bonds is 8. The minimum atomic E-state index is -1.90. The maximum Gasteiger partial charge on any atom is 0.306 e. The van der Waals surface area contributed by atoms with Gasteiger partial charge < -0.3 is 14.3 Å². The van der Waals surface area contributed by atoms with Gasteiger partial charge in [-0.05, 0) is 55.3 Å². The van der Waals surface area contributed by atoms with Crippen LogP contribution in [0.4, 0.5) is 0 Å². The summed E-state index contributed by atoms with van der Waals surface area (Å²) in [5.41, 5.74) is 1.27. The van der Waals surface area contributed by atoms with E-state index in [1.54, 1.807) is 0 Å². The second kappa shape index (κ2) is 8.91. The molecule has 4 unspecified atom stereocenters. The predicted molar refractivity (Wildman–Crippen MR) is 118 cm³/mol. The first-order valence-corrected chi connectivity index (χ1v) is 14.1. The van der Waals surface area contributed by atoms with Crippen LogP contribution < -0.4 is 0 Å². The molecule has 1 aliphatic carbocycles. The zero-order valence-electron chi connectivity index (χ0n) is 18.7. The molecule has 1 aromatic carbocycles. The highest BCUT2D eigenvalue weighted by atomic mass is 28.4. The van der Waals surface area contributed by atoms with Crippen LogP contribution in [0.3, 0.4) is 0 Å². The number of esters is 1. The van der Waals surface area contributed by atoms with Crippen LogP contribution in [0.25, 0.3) is 0 Å². The smallest absolute Gasteiger partial charge is 0.306 e. The summed E-state index contributed by atoms with van der Waals surface area (Å²) < 4.78 is 12.4.